The maximum absolute atomic E-state index is 12.1. The molecule has 1 aliphatic heterocycles. The molecule has 1 heterocycles. The Balaban J connectivity index is 2.70. The van der Waals surface area contributed by atoms with Crippen molar-refractivity contribution in [3.05, 3.63) is 58.7 Å². The Hall–Kier alpha value is -2.89. The second kappa shape index (κ2) is 6.08. The summed E-state index contributed by atoms with van der Waals surface area (Å²) in [5.41, 5.74) is 0.800. The van der Waals surface area contributed by atoms with Crippen LogP contribution in [-0.4, -0.2) is 23.0 Å². The van der Waals surface area contributed by atoms with Gasteiger partial charge in [0.05, 0.1) is 5.57 Å². The lowest BCUT2D eigenvalue weighted by Crippen LogP contribution is -2.34. The Bertz CT molecular complexity index is 729. The number of carboxylic acids is 1. The number of ether oxygens (including phenoxy) is 2. The molecule has 6 nitrogen and oxygen atoms in total. The van der Waals surface area contributed by atoms with E-state index in [0.717, 1.165) is 0 Å². The van der Waals surface area contributed by atoms with Gasteiger partial charge in [0.1, 0.15) is 0 Å². The lowest BCUT2D eigenvalue weighted by molar-refractivity contribution is -0.208. The average Bonchev–Trinajstić information content (AvgIpc) is 2.72. The summed E-state index contributed by atoms with van der Waals surface area (Å²) in [5, 5.41) is 9.09. The van der Waals surface area contributed by atoms with Crippen LogP contribution in [-0.2, 0) is 29.6 Å². The number of benzene rings is 1. The van der Waals surface area contributed by atoms with Gasteiger partial charge in [-0.2, -0.15) is 0 Å². The van der Waals surface area contributed by atoms with E-state index in [1.54, 1.807) is 30.3 Å². The van der Waals surface area contributed by atoms with Crippen LogP contribution in [0.15, 0.2) is 53.1 Å². The Morgan fingerprint density at radius 2 is 1.83 bits per heavy atom. The Morgan fingerprint density at radius 1 is 1.22 bits per heavy atom. The summed E-state index contributed by atoms with van der Waals surface area (Å²) in [4.78, 5) is 34.8. The highest BCUT2D eigenvalue weighted by atomic mass is 16.7. The van der Waals surface area contributed by atoms with Crippen molar-refractivity contribution in [1.29, 1.82) is 0 Å². The van der Waals surface area contributed by atoms with Crippen molar-refractivity contribution in [2.24, 2.45) is 0 Å². The lowest BCUT2D eigenvalue weighted by atomic mass is 9.94. The van der Waals surface area contributed by atoms with E-state index in [9.17, 15) is 14.4 Å². The van der Waals surface area contributed by atoms with Gasteiger partial charge in [-0.15, -0.1) is 0 Å². The predicted octanol–water partition coefficient (Wildman–Crippen LogP) is 2.31. The van der Waals surface area contributed by atoms with Gasteiger partial charge < -0.3 is 14.6 Å². The van der Waals surface area contributed by atoms with Crippen molar-refractivity contribution in [1.82, 2.24) is 0 Å². The third-order valence-electron chi connectivity index (χ3n) is 3.44. The van der Waals surface area contributed by atoms with Crippen molar-refractivity contribution >= 4 is 17.9 Å². The number of rotatable bonds is 4. The van der Waals surface area contributed by atoms with Crippen LogP contribution in [0.4, 0.5) is 0 Å². The zero-order chi connectivity index (χ0) is 17.2. The molecule has 1 aromatic carbocycles. The molecule has 1 unspecified atom stereocenters. The number of carbonyl (C=O) groups excluding carboxylic acids is 2. The molecule has 0 spiro atoms. The van der Waals surface area contributed by atoms with Crippen molar-refractivity contribution in [3.63, 3.8) is 0 Å². The molecule has 1 aliphatic rings. The van der Waals surface area contributed by atoms with E-state index in [1.807, 2.05) is 0 Å². The maximum Gasteiger partial charge on any atom is 0.338 e. The predicted molar refractivity (Wildman–Crippen MR) is 80.1 cm³/mol. The van der Waals surface area contributed by atoms with Gasteiger partial charge in [-0.1, -0.05) is 30.3 Å². The Morgan fingerprint density at radius 3 is 2.35 bits per heavy atom. The standard InChI is InChI=1S/C17H16O6/c1-10(15(19)20)9-14-11(2)16(21)23-17(14,22-12(3)18)13-7-5-4-6-8-13/h4-9H,1-3H3,(H,19,20)/b10-9+. The molecule has 2 rings (SSSR count). The highest BCUT2D eigenvalue weighted by Gasteiger charge is 2.50. The first-order valence-corrected chi connectivity index (χ1v) is 6.89. The van der Waals surface area contributed by atoms with Gasteiger partial charge in [-0.25, -0.2) is 9.59 Å². The third kappa shape index (κ3) is 3.01. The molecule has 0 saturated carbocycles. The normalized spacial score (nSPS) is 21.2. The van der Waals surface area contributed by atoms with Gasteiger partial charge in [0.15, 0.2) is 0 Å². The molecular formula is C17H16O6. The van der Waals surface area contributed by atoms with Gasteiger partial charge >= 0.3 is 23.7 Å². The number of carbonyl (C=O) groups is 3. The van der Waals surface area contributed by atoms with Gasteiger partial charge in [-0.3, -0.25) is 4.79 Å². The first-order chi connectivity index (χ1) is 10.8. The quantitative estimate of drug-likeness (QED) is 0.677. The summed E-state index contributed by atoms with van der Waals surface area (Å²) in [7, 11) is 0. The average molecular weight is 316 g/mol. The number of aliphatic carboxylic acids is 1. The van der Waals surface area contributed by atoms with E-state index in [1.165, 1.54) is 26.8 Å². The molecule has 23 heavy (non-hydrogen) atoms. The molecule has 1 atom stereocenters. The third-order valence-corrected chi connectivity index (χ3v) is 3.44. The fraction of sp³-hybridized carbons (Fsp3) is 0.235. The number of cyclic esters (lactones) is 1. The summed E-state index contributed by atoms with van der Waals surface area (Å²) in [6.07, 6.45) is 1.29. The van der Waals surface area contributed by atoms with E-state index >= 15 is 0 Å². The van der Waals surface area contributed by atoms with Crippen LogP contribution in [0.1, 0.15) is 26.3 Å². The highest BCUT2D eigenvalue weighted by Crippen LogP contribution is 2.43. The molecule has 0 radical (unpaired) electrons. The Kier molecular flexibility index (Phi) is 4.36. The van der Waals surface area contributed by atoms with Crippen LogP contribution in [0.2, 0.25) is 0 Å². The van der Waals surface area contributed by atoms with Crippen LogP contribution >= 0.6 is 0 Å². The first-order valence-electron chi connectivity index (χ1n) is 6.89. The second-order valence-electron chi connectivity index (χ2n) is 5.14. The van der Waals surface area contributed by atoms with Crippen molar-refractivity contribution in [3.8, 4) is 0 Å². The molecular weight excluding hydrogens is 300 g/mol. The fourth-order valence-corrected chi connectivity index (χ4v) is 2.31. The SMILES string of the molecule is CC(=O)OC1(c2ccccc2)OC(=O)C(C)=C1/C=C(\C)C(=O)O. The largest absolute Gasteiger partial charge is 0.478 e. The van der Waals surface area contributed by atoms with Crippen LogP contribution < -0.4 is 0 Å². The monoisotopic (exact) mass is 316 g/mol. The minimum atomic E-state index is -1.77. The molecule has 6 heteroatoms. The smallest absolute Gasteiger partial charge is 0.338 e. The fourth-order valence-electron chi connectivity index (χ4n) is 2.31. The number of hydrogen-bond donors (Lipinski definition) is 1. The number of hydrogen-bond acceptors (Lipinski definition) is 5. The number of carboxylic acid groups (broad SMARTS) is 1. The van der Waals surface area contributed by atoms with Crippen LogP contribution in [0.25, 0.3) is 0 Å². The zero-order valence-corrected chi connectivity index (χ0v) is 13.0. The number of esters is 2. The van der Waals surface area contributed by atoms with Gasteiger partial charge in [0.2, 0.25) is 0 Å². The van der Waals surface area contributed by atoms with E-state index in [0.29, 0.717) is 5.56 Å². The first kappa shape index (κ1) is 16.5. The topological polar surface area (TPSA) is 89.9 Å². The molecule has 0 amide bonds. The second-order valence-corrected chi connectivity index (χ2v) is 5.14. The van der Waals surface area contributed by atoms with Crippen LogP contribution in [0.5, 0.6) is 0 Å². The summed E-state index contributed by atoms with van der Waals surface area (Å²) in [6, 6.07) is 8.44. The van der Waals surface area contributed by atoms with Crippen LogP contribution in [0.3, 0.4) is 0 Å². The van der Waals surface area contributed by atoms with Gasteiger partial charge in [-0.05, 0) is 19.9 Å². The van der Waals surface area contributed by atoms with Crippen molar-refractivity contribution < 1.29 is 29.0 Å². The summed E-state index contributed by atoms with van der Waals surface area (Å²) >= 11 is 0. The highest BCUT2D eigenvalue weighted by molar-refractivity contribution is 5.95. The summed E-state index contributed by atoms with van der Waals surface area (Å²) in [5.74, 6) is -4.24. The maximum atomic E-state index is 12.1. The summed E-state index contributed by atoms with van der Waals surface area (Å²) < 4.78 is 10.7. The molecule has 0 saturated heterocycles. The van der Waals surface area contributed by atoms with E-state index < -0.39 is 23.7 Å². The zero-order valence-electron chi connectivity index (χ0n) is 13.0. The molecule has 1 N–H and O–H groups in total. The summed E-state index contributed by atoms with van der Waals surface area (Å²) in [6.45, 7) is 4.07. The molecule has 120 valence electrons. The van der Waals surface area contributed by atoms with Crippen molar-refractivity contribution in [2.45, 2.75) is 26.6 Å². The van der Waals surface area contributed by atoms with Crippen LogP contribution in [0, 0.1) is 0 Å². The molecule has 0 aromatic heterocycles. The Labute approximate surface area is 133 Å². The lowest BCUT2D eigenvalue weighted by Gasteiger charge is -2.29. The molecule has 0 bridgehead atoms. The minimum Gasteiger partial charge on any atom is -0.478 e. The van der Waals surface area contributed by atoms with Gasteiger partial charge in [0.25, 0.3) is 0 Å². The molecule has 0 aliphatic carbocycles. The minimum absolute atomic E-state index is 0.00916. The van der Waals surface area contributed by atoms with E-state index in [2.05, 4.69) is 0 Å². The van der Waals surface area contributed by atoms with Crippen molar-refractivity contribution in [2.75, 3.05) is 0 Å². The molecule has 0 fully saturated rings. The van der Waals surface area contributed by atoms with Gasteiger partial charge in [0, 0.05) is 23.6 Å². The van der Waals surface area contributed by atoms with E-state index in [4.69, 9.17) is 14.6 Å². The van der Waals surface area contributed by atoms with E-state index in [-0.39, 0.29) is 16.7 Å². The molecule has 1 aromatic rings.